The fourth-order valence-corrected chi connectivity index (χ4v) is 5.57. The monoisotopic (exact) mass is 469 g/mol. The van der Waals surface area contributed by atoms with Crippen LogP contribution in [-0.2, 0) is 6.54 Å². The van der Waals surface area contributed by atoms with Gasteiger partial charge in [0.25, 0.3) is 11.9 Å². The molecule has 176 valence electrons. The van der Waals surface area contributed by atoms with Crippen molar-refractivity contribution in [3.63, 3.8) is 0 Å². The number of ether oxygens (including phenoxy) is 2. The van der Waals surface area contributed by atoms with E-state index in [2.05, 4.69) is 21.4 Å². The minimum Gasteiger partial charge on any atom is -0.462 e. The van der Waals surface area contributed by atoms with E-state index in [0.29, 0.717) is 41.3 Å². The quantitative estimate of drug-likeness (QED) is 0.538. The van der Waals surface area contributed by atoms with Crippen LogP contribution >= 0.6 is 0 Å². The first kappa shape index (κ1) is 21.4. The summed E-state index contributed by atoms with van der Waals surface area (Å²) in [5.74, 6) is 1.34. The number of nitrogens with one attached hydrogen (secondary N) is 1. The van der Waals surface area contributed by atoms with Crippen LogP contribution in [0.2, 0.25) is 0 Å². The van der Waals surface area contributed by atoms with Crippen molar-refractivity contribution in [3.05, 3.63) is 34.9 Å². The second-order valence-electron chi connectivity index (χ2n) is 9.87. The molecule has 1 atom stereocenters. The molecule has 2 bridgehead atoms. The lowest BCUT2D eigenvalue weighted by Gasteiger charge is -2.66. The number of benzene rings is 1. The zero-order valence-electron chi connectivity index (χ0n) is 19.4. The number of nitrogens with zero attached hydrogens (tertiary/aromatic N) is 6. The fourth-order valence-electron chi connectivity index (χ4n) is 5.57. The molecule has 0 saturated heterocycles. The van der Waals surface area contributed by atoms with Gasteiger partial charge in [-0.25, -0.2) is 0 Å². The minimum absolute atomic E-state index is 0.159. The van der Waals surface area contributed by atoms with Crippen LogP contribution in [0.3, 0.4) is 0 Å². The summed E-state index contributed by atoms with van der Waals surface area (Å²) >= 11 is 0. The van der Waals surface area contributed by atoms with Crippen LogP contribution < -0.4 is 14.8 Å². The summed E-state index contributed by atoms with van der Waals surface area (Å²) in [6.07, 6.45) is 4.84. The van der Waals surface area contributed by atoms with Gasteiger partial charge < -0.3 is 19.9 Å². The van der Waals surface area contributed by atoms with Gasteiger partial charge in [0.1, 0.15) is 18.5 Å². The molecule has 3 aliphatic carbocycles. The molecular formula is C25H23N7O3. The van der Waals surface area contributed by atoms with E-state index < -0.39 is 6.10 Å². The third-order valence-electron chi connectivity index (χ3n) is 7.01. The molecule has 3 fully saturated rings. The third kappa shape index (κ3) is 3.37. The highest BCUT2D eigenvalue weighted by atomic mass is 16.5. The van der Waals surface area contributed by atoms with Crippen LogP contribution in [0.4, 0.5) is 5.95 Å². The van der Waals surface area contributed by atoms with Crippen LogP contribution in [0.1, 0.15) is 36.0 Å². The van der Waals surface area contributed by atoms with Crippen molar-refractivity contribution >= 4 is 23.2 Å². The van der Waals surface area contributed by atoms with Gasteiger partial charge in [-0.3, -0.25) is 4.57 Å². The van der Waals surface area contributed by atoms with Crippen molar-refractivity contribution in [2.75, 3.05) is 11.9 Å². The van der Waals surface area contributed by atoms with E-state index in [9.17, 15) is 10.4 Å². The Morgan fingerprint density at radius 1 is 1.20 bits per heavy atom. The molecule has 0 unspecified atom stereocenters. The normalized spacial score (nSPS) is 26.1. The van der Waals surface area contributed by atoms with Crippen molar-refractivity contribution in [1.82, 2.24) is 19.5 Å². The van der Waals surface area contributed by atoms with Gasteiger partial charge in [-0.05, 0) is 68.0 Å². The van der Waals surface area contributed by atoms with Crippen molar-refractivity contribution in [2.24, 2.45) is 5.41 Å². The van der Waals surface area contributed by atoms with Crippen LogP contribution in [-0.4, -0.2) is 42.9 Å². The second-order valence-corrected chi connectivity index (χ2v) is 9.87. The van der Waals surface area contributed by atoms with E-state index in [1.54, 1.807) is 10.6 Å². The molecule has 3 aromatic rings. The summed E-state index contributed by atoms with van der Waals surface area (Å²) in [4.78, 5) is 13.9. The summed E-state index contributed by atoms with van der Waals surface area (Å²) in [6.45, 7) is 4.33. The number of fused-ring (bicyclic) bond motifs is 3. The first-order chi connectivity index (χ1) is 16.8. The van der Waals surface area contributed by atoms with E-state index in [4.69, 9.17) is 19.7 Å². The highest BCUT2D eigenvalue weighted by Gasteiger charge is 2.69. The number of aryl methyl sites for hydroxylation is 2. The van der Waals surface area contributed by atoms with E-state index in [0.717, 1.165) is 36.0 Å². The summed E-state index contributed by atoms with van der Waals surface area (Å²) in [7, 11) is 0. The minimum atomic E-state index is -0.678. The second kappa shape index (κ2) is 7.42. The van der Waals surface area contributed by atoms with E-state index in [1.807, 2.05) is 32.0 Å². The Morgan fingerprint density at radius 3 is 2.63 bits per heavy atom. The summed E-state index contributed by atoms with van der Waals surface area (Å²) in [5, 5.41) is 31.8. The molecule has 3 saturated carbocycles. The molecule has 35 heavy (non-hydrogen) atoms. The number of anilines is 1. The third-order valence-corrected chi connectivity index (χ3v) is 7.01. The van der Waals surface area contributed by atoms with Gasteiger partial charge in [-0.1, -0.05) is 0 Å². The lowest BCUT2D eigenvalue weighted by atomic mass is 9.40. The Balaban J connectivity index is 1.42. The largest absolute Gasteiger partial charge is 0.462 e. The van der Waals surface area contributed by atoms with Gasteiger partial charge >= 0.3 is 0 Å². The maximum absolute atomic E-state index is 10.2. The SMILES string of the molecule is Cc1cc(/C=C/C#N)cc(C)c1Oc1nc(NC23CC(C#N)(C2)C3)nc2nc3n(c12)C[C@H](O)CO3. The number of hydrogen-bond acceptors (Lipinski definition) is 9. The Hall–Kier alpha value is -4.15. The molecule has 4 aliphatic rings. The van der Waals surface area contributed by atoms with Gasteiger partial charge in [0.15, 0.2) is 11.2 Å². The van der Waals surface area contributed by atoms with Crippen LogP contribution in [0.15, 0.2) is 18.2 Å². The van der Waals surface area contributed by atoms with Gasteiger partial charge in [0.05, 0.1) is 24.1 Å². The molecule has 10 nitrogen and oxygen atoms in total. The number of nitriles is 2. The molecule has 0 radical (unpaired) electrons. The molecule has 2 N–H and O–H groups in total. The predicted octanol–water partition coefficient (Wildman–Crippen LogP) is 3.38. The Morgan fingerprint density at radius 2 is 1.94 bits per heavy atom. The van der Waals surface area contributed by atoms with Crippen LogP contribution in [0.5, 0.6) is 17.6 Å². The maximum Gasteiger partial charge on any atom is 0.299 e. The number of allylic oxidation sites excluding steroid dienone is 1. The van der Waals surface area contributed by atoms with Gasteiger partial charge in [0, 0.05) is 11.6 Å². The van der Waals surface area contributed by atoms with Crippen molar-refractivity contribution < 1.29 is 14.6 Å². The lowest BCUT2D eigenvalue weighted by molar-refractivity contribution is -0.0665. The zero-order valence-corrected chi connectivity index (χ0v) is 19.4. The fraction of sp³-hybridized carbons (Fsp3) is 0.400. The molecule has 1 aromatic carbocycles. The molecular weight excluding hydrogens is 446 g/mol. The first-order valence-electron chi connectivity index (χ1n) is 11.5. The highest BCUT2D eigenvalue weighted by molar-refractivity contribution is 5.80. The van der Waals surface area contributed by atoms with E-state index >= 15 is 0 Å². The number of imidazole rings is 1. The molecule has 2 aromatic heterocycles. The number of hydrogen-bond donors (Lipinski definition) is 2. The zero-order chi connectivity index (χ0) is 24.4. The summed E-state index contributed by atoms with van der Waals surface area (Å²) in [5.41, 5.74) is 3.26. The van der Waals surface area contributed by atoms with Crippen LogP contribution in [0, 0.1) is 41.9 Å². The van der Waals surface area contributed by atoms with Gasteiger partial charge in [0.2, 0.25) is 5.95 Å². The Labute approximate surface area is 201 Å². The van der Waals surface area contributed by atoms with Crippen LogP contribution in [0.25, 0.3) is 17.2 Å². The number of rotatable bonds is 5. The molecule has 0 amide bonds. The predicted molar refractivity (Wildman–Crippen MR) is 126 cm³/mol. The average Bonchev–Trinajstić information content (AvgIpc) is 3.13. The standard InChI is InChI=1S/C25H23N7O3/c1-14-6-16(4-3-5-26)7-15(2)19(14)35-21-18-20(29-23-32(18)8-17(33)9-34-23)28-22(30-21)31-25-10-24(11-25,12-25)13-27/h3-4,6-7,17,33H,8-12H2,1-2H3,(H,28,30,31)/b4-3+/t17-,24?,25?/m0/s1. The average molecular weight is 470 g/mol. The van der Waals surface area contributed by atoms with Crippen molar-refractivity contribution in [2.45, 2.75) is 51.3 Å². The Kier molecular flexibility index (Phi) is 4.54. The van der Waals surface area contributed by atoms with Crippen molar-refractivity contribution in [3.8, 4) is 29.8 Å². The topological polar surface area (TPSA) is 142 Å². The molecule has 7 rings (SSSR count). The lowest BCUT2D eigenvalue weighted by Crippen LogP contribution is -2.70. The molecule has 10 heteroatoms. The van der Waals surface area contributed by atoms with E-state index in [1.165, 1.54) is 6.08 Å². The highest BCUT2D eigenvalue weighted by Crippen LogP contribution is 2.67. The van der Waals surface area contributed by atoms with Gasteiger partial charge in [-0.15, -0.1) is 0 Å². The molecule has 3 heterocycles. The maximum atomic E-state index is 10.2. The van der Waals surface area contributed by atoms with Crippen molar-refractivity contribution in [1.29, 1.82) is 10.5 Å². The number of aliphatic hydroxyl groups excluding tert-OH is 1. The first-order valence-corrected chi connectivity index (χ1v) is 11.5. The molecule has 0 spiro atoms. The Bertz CT molecular complexity index is 1450. The summed E-state index contributed by atoms with van der Waals surface area (Å²) < 4.78 is 13.8. The molecule has 1 aliphatic heterocycles. The smallest absolute Gasteiger partial charge is 0.299 e. The summed E-state index contributed by atoms with van der Waals surface area (Å²) in [6, 6.07) is 8.66. The van der Waals surface area contributed by atoms with Gasteiger partial charge in [-0.2, -0.15) is 25.5 Å². The number of aliphatic hydroxyl groups is 1. The van der Waals surface area contributed by atoms with E-state index in [-0.39, 0.29) is 17.6 Å². The number of aromatic nitrogens is 4.